The van der Waals surface area contributed by atoms with Crippen molar-refractivity contribution in [1.82, 2.24) is 4.98 Å². The van der Waals surface area contributed by atoms with Crippen LogP contribution in [-0.2, 0) is 11.2 Å². The van der Waals surface area contributed by atoms with Crippen LogP contribution in [0.15, 0.2) is 24.5 Å². The number of aryl methyl sites for hydroxylation is 1. The number of aldehydes is 1. The van der Waals surface area contributed by atoms with Gasteiger partial charge >= 0.3 is 0 Å². The summed E-state index contributed by atoms with van der Waals surface area (Å²) in [7, 11) is 0. The van der Waals surface area contributed by atoms with Gasteiger partial charge in [0.05, 0.1) is 0 Å². The maximum Gasteiger partial charge on any atom is 0.119 e. The van der Waals surface area contributed by atoms with Gasteiger partial charge in [0.25, 0.3) is 0 Å². The van der Waals surface area contributed by atoms with Gasteiger partial charge in [0, 0.05) is 18.8 Å². The molecule has 0 aliphatic carbocycles. The van der Waals surface area contributed by atoms with Gasteiger partial charge in [-0.15, -0.1) is 0 Å². The molecule has 0 amide bonds. The summed E-state index contributed by atoms with van der Waals surface area (Å²) in [5.41, 5.74) is 1.36. The second-order valence-electron chi connectivity index (χ2n) is 5.25. The third-order valence-electron chi connectivity index (χ3n) is 3.51. The van der Waals surface area contributed by atoms with Gasteiger partial charge < -0.3 is 4.79 Å². The van der Waals surface area contributed by atoms with Crippen molar-refractivity contribution < 1.29 is 4.79 Å². The van der Waals surface area contributed by atoms with Crippen LogP contribution in [0.1, 0.15) is 77.2 Å². The smallest absolute Gasteiger partial charge is 0.119 e. The first-order valence-corrected chi connectivity index (χ1v) is 7.76. The summed E-state index contributed by atoms with van der Waals surface area (Å²) in [6.45, 7) is 0. The molecule has 114 valence electrons. The lowest BCUT2D eigenvalue weighted by Gasteiger charge is -2.02. The van der Waals surface area contributed by atoms with Crippen molar-refractivity contribution in [2.24, 2.45) is 0 Å². The van der Waals surface area contributed by atoms with Crippen LogP contribution in [0.4, 0.5) is 0 Å². The fraction of sp³-hybridized carbons (Fsp3) is 0.667. The summed E-state index contributed by atoms with van der Waals surface area (Å²) in [4.78, 5) is 14.3. The number of hydrogen-bond acceptors (Lipinski definition) is 2. The molecule has 1 aromatic heterocycles. The van der Waals surface area contributed by atoms with Crippen LogP contribution in [0.2, 0.25) is 0 Å². The minimum absolute atomic E-state index is 0. The highest BCUT2D eigenvalue weighted by molar-refractivity contribution is 5.48. The van der Waals surface area contributed by atoms with Crippen LogP contribution in [-0.4, -0.2) is 11.3 Å². The SMILES string of the molecule is C.O=CCCCCCCCCCCCc1cccnc1. The first-order valence-electron chi connectivity index (χ1n) is 7.76. The Bertz CT molecular complexity index is 310. The summed E-state index contributed by atoms with van der Waals surface area (Å²) in [5, 5.41) is 0. The number of carbonyl (C=O) groups excluding carboxylic acids is 1. The number of aromatic nitrogens is 1. The number of rotatable bonds is 12. The zero-order valence-electron chi connectivity index (χ0n) is 12.0. The van der Waals surface area contributed by atoms with E-state index in [1.807, 2.05) is 18.5 Å². The molecule has 1 aromatic rings. The molecule has 2 nitrogen and oxygen atoms in total. The van der Waals surface area contributed by atoms with Crippen molar-refractivity contribution in [3.05, 3.63) is 30.1 Å². The van der Waals surface area contributed by atoms with Gasteiger partial charge in [0.15, 0.2) is 0 Å². The Balaban J connectivity index is 0.00000361. The van der Waals surface area contributed by atoms with E-state index in [4.69, 9.17) is 0 Å². The second-order valence-corrected chi connectivity index (χ2v) is 5.25. The van der Waals surface area contributed by atoms with Crippen molar-refractivity contribution in [2.45, 2.75) is 78.1 Å². The van der Waals surface area contributed by atoms with Crippen LogP contribution in [0.25, 0.3) is 0 Å². The Morgan fingerprint density at radius 2 is 1.50 bits per heavy atom. The number of pyridine rings is 1. The molecule has 0 saturated heterocycles. The lowest BCUT2D eigenvalue weighted by atomic mass is 10.0. The quantitative estimate of drug-likeness (QED) is 0.380. The predicted molar refractivity (Wildman–Crippen MR) is 86.9 cm³/mol. The highest BCUT2D eigenvalue weighted by atomic mass is 16.1. The summed E-state index contributed by atoms with van der Waals surface area (Å²) in [6, 6.07) is 4.17. The maximum atomic E-state index is 10.1. The molecule has 0 aromatic carbocycles. The molecule has 20 heavy (non-hydrogen) atoms. The van der Waals surface area contributed by atoms with Crippen LogP contribution in [0.5, 0.6) is 0 Å². The van der Waals surface area contributed by atoms with Crippen molar-refractivity contribution >= 4 is 6.29 Å². The highest BCUT2D eigenvalue weighted by Crippen LogP contribution is 2.11. The molecule has 0 spiro atoms. The third kappa shape index (κ3) is 10.7. The van der Waals surface area contributed by atoms with Crippen LogP contribution >= 0.6 is 0 Å². The van der Waals surface area contributed by atoms with E-state index in [1.165, 1.54) is 63.4 Å². The monoisotopic (exact) mass is 277 g/mol. The van der Waals surface area contributed by atoms with E-state index >= 15 is 0 Å². The van der Waals surface area contributed by atoms with Crippen LogP contribution < -0.4 is 0 Å². The van der Waals surface area contributed by atoms with Crippen molar-refractivity contribution in [2.75, 3.05) is 0 Å². The molecule has 0 fully saturated rings. The fourth-order valence-electron chi connectivity index (χ4n) is 2.34. The lowest BCUT2D eigenvalue weighted by Crippen LogP contribution is -1.87. The van der Waals surface area contributed by atoms with E-state index < -0.39 is 0 Å². The van der Waals surface area contributed by atoms with Crippen LogP contribution in [0, 0.1) is 0 Å². The standard InChI is InChI=1S/C17H27NO.CH4/c19-15-10-8-6-4-2-1-3-5-7-9-12-17-13-11-14-18-16-17;/h11,13-16H,1-10,12H2;1H4. The zero-order chi connectivity index (χ0) is 13.6. The van der Waals surface area contributed by atoms with Gasteiger partial charge in [-0.3, -0.25) is 4.98 Å². The normalized spacial score (nSPS) is 10.0. The average molecular weight is 277 g/mol. The van der Waals surface area contributed by atoms with E-state index in [9.17, 15) is 4.79 Å². The minimum Gasteiger partial charge on any atom is -0.303 e. The molecule has 1 rings (SSSR count). The Labute approximate surface area is 125 Å². The van der Waals surface area contributed by atoms with Gasteiger partial charge in [-0.25, -0.2) is 0 Å². The topological polar surface area (TPSA) is 30.0 Å². The summed E-state index contributed by atoms with van der Waals surface area (Å²) in [5.74, 6) is 0. The first kappa shape index (κ1) is 18.8. The van der Waals surface area contributed by atoms with Crippen molar-refractivity contribution in [1.29, 1.82) is 0 Å². The van der Waals surface area contributed by atoms with Gasteiger partial charge in [-0.05, 0) is 30.9 Å². The van der Waals surface area contributed by atoms with E-state index in [1.54, 1.807) is 0 Å². The maximum absolute atomic E-state index is 10.1. The molecule has 2 heteroatoms. The summed E-state index contributed by atoms with van der Waals surface area (Å²) < 4.78 is 0. The second kappa shape index (κ2) is 14.2. The van der Waals surface area contributed by atoms with E-state index in [-0.39, 0.29) is 7.43 Å². The summed E-state index contributed by atoms with van der Waals surface area (Å²) in [6.07, 6.45) is 18.4. The predicted octanol–water partition coefficient (Wildman–Crippen LogP) is 5.36. The van der Waals surface area contributed by atoms with Gasteiger partial charge in [0.2, 0.25) is 0 Å². The highest BCUT2D eigenvalue weighted by Gasteiger charge is 1.94. The average Bonchev–Trinajstić information content (AvgIpc) is 2.46. The van der Waals surface area contributed by atoms with Crippen molar-refractivity contribution in [3.8, 4) is 0 Å². The van der Waals surface area contributed by atoms with Crippen LogP contribution in [0.3, 0.4) is 0 Å². The Hall–Kier alpha value is -1.18. The summed E-state index contributed by atoms with van der Waals surface area (Å²) >= 11 is 0. The van der Waals surface area contributed by atoms with Gasteiger partial charge in [-0.2, -0.15) is 0 Å². The Kier molecular flexibility index (Phi) is 13.4. The molecular formula is C18H31NO. The van der Waals surface area contributed by atoms with E-state index in [0.717, 1.165) is 19.1 Å². The molecular weight excluding hydrogens is 246 g/mol. The third-order valence-corrected chi connectivity index (χ3v) is 3.51. The van der Waals surface area contributed by atoms with Gasteiger partial charge in [0.1, 0.15) is 6.29 Å². The number of hydrogen-bond donors (Lipinski definition) is 0. The molecule has 0 aliphatic heterocycles. The molecule has 1 heterocycles. The van der Waals surface area contributed by atoms with E-state index in [0.29, 0.717) is 0 Å². The molecule has 0 unspecified atom stereocenters. The van der Waals surface area contributed by atoms with Gasteiger partial charge in [-0.1, -0.05) is 58.4 Å². The minimum atomic E-state index is 0. The fourth-order valence-corrected chi connectivity index (χ4v) is 2.34. The molecule has 0 bridgehead atoms. The number of nitrogens with zero attached hydrogens (tertiary/aromatic N) is 1. The Morgan fingerprint density at radius 3 is 2.05 bits per heavy atom. The molecule has 0 N–H and O–H groups in total. The number of carbonyl (C=O) groups is 1. The number of unbranched alkanes of at least 4 members (excludes halogenated alkanes) is 9. The zero-order valence-corrected chi connectivity index (χ0v) is 12.0. The van der Waals surface area contributed by atoms with E-state index in [2.05, 4.69) is 11.1 Å². The largest absolute Gasteiger partial charge is 0.303 e. The Morgan fingerprint density at radius 1 is 0.900 bits per heavy atom. The molecule has 0 atom stereocenters. The molecule has 0 aliphatic rings. The first-order chi connectivity index (χ1) is 9.43. The molecule has 0 radical (unpaired) electrons. The molecule has 0 saturated carbocycles. The lowest BCUT2D eigenvalue weighted by molar-refractivity contribution is -0.107. The van der Waals surface area contributed by atoms with Crippen molar-refractivity contribution in [3.63, 3.8) is 0 Å².